The second-order valence-corrected chi connectivity index (χ2v) is 2.29. The number of hydrogen-bond donors (Lipinski definition) is 1. The minimum atomic E-state index is 1.06. The molecule has 0 bridgehead atoms. The van der Waals surface area contributed by atoms with Gasteiger partial charge in [0.15, 0.2) is 0 Å². The van der Waals surface area contributed by atoms with Crippen LogP contribution in [0.5, 0.6) is 0 Å². The van der Waals surface area contributed by atoms with Crippen LogP contribution in [0.2, 0.25) is 0 Å². The van der Waals surface area contributed by atoms with E-state index < -0.39 is 0 Å². The third-order valence-electron chi connectivity index (χ3n) is 1.35. The first kappa shape index (κ1) is 7.32. The van der Waals surface area contributed by atoms with Crippen molar-refractivity contribution in [1.29, 1.82) is 0 Å². The number of anilines is 1. The Morgan fingerprint density at radius 3 is 3.00 bits per heavy atom. The molecule has 0 atom stereocenters. The molecule has 0 spiro atoms. The summed E-state index contributed by atoms with van der Waals surface area (Å²) in [4.78, 5) is 0. The molecule has 1 heterocycles. The van der Waals surface area contributed by atoms with E-state index in [2.05, 4.69) is 25.2 Å². The molecule has 0 fully saturated rings. The molecule has 0 radical (unpaired) electrons. The van der Waals surface area contributed by atoms with E-state index in [1.54, 1.807) is 0 Å². The third-order valence-corrected chi connectivity index (χ3v) is 1.35. The molecule has 1 N–H and O–H groups in total. The van der Waals surface area contributed by atoms with Crippen molar-refractivity contribution in [2.75, 3.05) is 11.9 Å². The molecule has 0 saturated heterocycles. The molecule has 0 aromatic carbocycles. The fraction of sp³-hybridized carbons (Fsp3) is 0.375. The second-order valence-electron chi connectivity index (χ2n) is 2.29. The van der Waals surface area contributed by atoms with Crippen molar-refractivity contribution in [3.63, 3.8) is 0 Å². The topological polar surface area (TPSA) is 12.0 Å². The van der Waals surface area contributed by atoms with Crippen molar-refractivity contribution in [2.24, 2.45) is 0 Å². The van der Waals surface area contributed by atoms with Gasteiger partial charge in [0.25, 0.3) is 0 Å². The van der Waals surface area contributed by atoms with E-state index in [4.69, 9.17) is 0 Å². The SMILES string of the molecule is CCCNc1bcccc1. The van der Waals surface area contributed by atoms with Gasteiger partial charge in [-0.3, -0.25) is 0 Å². The van der Waals surface area contributed by atoms with E-state index in [0.717, 1.165) is 6.54 Å². The number of hydrogen-bond acceptors (Lipinski definition) is 1. The van der Waals surface area contributed by atoms with Crippen LogP contribution in [-0.2, 0) is 0 Å². The molecule has 0 amide bonds. The van der Waals surface area contributed by atoms with Gasteiger partial charge >= 0.3 is 61.9 Å². The van der Waals surface area contributed by atoms with Crippen molar-refractivity contribution in [2.45, 2.75) is 13.3 Å². The average Bonchev–Trinajstić information content (AvgIpc) is 2.03. The van der Waals surface area contributed by atoms with Gasteiger partial charge in [0.05, 0.1) is 0 Å². The quantitative estimate of drug-likeness (QED) is 0.663. The summed E-state index contributed by atoms with van der Waals surface area (Å²) in [6.45, 7) is 5.30. The summed E-state index contributed by atoms with van der Waals surface area (Å²) in [5.74, 6) is 2.04. The molecule has 0 aliphatic rings. The Balaban J connectivity index is 2.43. The van der Waals surface area contributed by atoms with E-state index in [9.17, 15) is 0 Å². The standard InChI is InChI=1S/C8H12BN/c1-2-7-10-8-5-3-4-6-9-8/h3-6,10H,2,7H2,1H3. The second kappa shape index (κ2) is 4.10. The monoisotopic (exact) mass is 133 g/mol. The fourth-order valence-electron chi connectivity index (χ4n) is 0.825. The number of nitrogens with one attached hydrogen (secondary N) is 1. The molecule has 1 nitrogen and oxygen atoms in total. The third kappa shape index (κ3) is 2.22. The van der Waals surface area contributed by atoms with Crippen LogP contribution in [0.15, 0.2) is 24.2 Å². The van der Waals surface area contributed by atoms with Crippen molar-refractivity contribution < 1.29 is 0 Å². The van der Waals surface area contributed by atoms with E-state index in [-0.39, 0.29) is 0 Å². The fourth-order valence-corrected chi connectivity index (χ4v) is 0.825. The van der Waals surface area contributed by atoms with Crippen LogP contribution in [0.1, 0.15) is 13.3 Å². The van der Waals surface area contributed by atoms with E-state index in [1.807, 2.05) is 18.1 Å². The molecule has 52 valence electrons. The average molecular weight is 133 g/mol. The maximum atomic E-state index is 3.29. The van der Waals surface area contributed by atoms with Crippen LogP contribution in [-0.4, -0.2) is 13.5 Å². The van der Waals surface area contributed by atoms with Crippen molar-refractivity contribution in [3.8, 4) is 0 Å². The van der Waals surface area contributed by atoms with Crippen LogP contribution in [0.4, 0.5) is 5.58 Å². The summed E-state index contributed by atoms with van der Waals surface area (Å²) in [7, 11) is 0. The Bertz CT molecular complexity index is 174. The van der Waals surface area contributed by atoms with Crippen molar-refractivity contribution in [3.05, 3.63) is 24.2 Å². The molecule has 0 saturated carbocycles. The summed E-state index contributed by atoms with van der Waals surface area (Å²) in [5, 5.41) is 3.29. The first-order valence-electron chi connectivity index (χ1n) is 3.72. The van der Waals surface area contributed by atoms with E-state index >= 15 is 0 Å². The summed E-state index contributed by atoms with van der Waals surface area (Å²) in [5.41, 5.74) is 1.21. The van der Waals surface area contributed by atoms with Crippen LogP contribution in [0, 0.1) is 0 Å². The Hall–Kier alpha value is -0.785. The Labute approximate surface area is 62.7 Å². The van der Waals surface area contributed by atoms with Gasteiger partial charge in [-0.1, -0.05) is 0 Å². The number of rotatable bonds is 3. The predicted molar refractivity (Wildman–Crippen MR) is 46.6 cm³/mol. The van der Waals surface area contributed by atoms with Crippen LogP contribution < -0.4 is 5.32 Å². The molecule has 2 heteroatoms. The van der Waals surface area contributed by atoms with Gasteiger partial charge in [-0.25, -0.2) is 0 Å². The molecule has 0 aliphatic carbocycles. The minimum absolute atomic E-state index is 1.06. The zero-order valence-electron chi connectivity index (χ0n) is 6.30. The van der Waals surface area contributed by atoms with E-state index in [1.165, 1.54) is 12.0 Å². The molecular weight excluding hydrogens is 121 g/mol. The molecule has 1 aromatic heterocycles. The Kier molecular flexibility index (Phi) is 3.00. The molecule has 0 unspecified atom stereocenters. The first-order valence-corrected chi connectivity index (χ1v) is 3.72. The normalized spacial score (nSPS) is 8.90. The van der Waals surface area contributed by atoms with Crippen molar-refractivity contribution >= 4 is 12.5 Å². The molecule has 10 heavy (non-hydrogen) atoms. The zero-order chi connectivity index (χ0) is 7.23. The Morgan fingerprint density at radius 2 is 2.40 bits per heavy atom. The van der Waals surface area contributed by atoms with Gasteiger partial charge in [-0.05, 0) is 0 Å². The van der Waals surface area contributed by atoms with Gasteiger partial charge in [0.1, 0.15) is 0 Å². The maximum absolute atomic E-state index is 3.29. The predicted octanol–water partition coefficient (Wildman–Crippen LogP) is 1.85. The Morgan fingerprint density at radius 1 is 1.50 bits per heavy atom. The molecular formula is C8H12BN. The summed E-state index contributed by atoms with van der Waals surface area (Å²) in [6.07, 6.45) is 1.18. The summed E-state index contributed by atoms with van der Waals surface area (Å²) in [6, 6.07) is 6.14. The van der Waals surface area contributed by atoms with Gasteiger partial charge in [-0.2, -0.15) is 0 Å². The van der Waals surface area contributed by atoms with Gasteiger partial charge in [0, 0.05) is 0 Å². The van der Waals surface area contributed by atoms with Crippen LogP contribution in [0.3, 0.4) is 0 Å². The van der Waals surface area contributed by atoms with Gasteiger partial charge < -0.3 is 0 Å². The van der Waals surface area contributed by atoms with E-state index in [0.29, 0.717) is 0 Å². The van der Waals surface area contributed by atoms with Gasteiger partial charge in [-0.15, -0.1) is 0 Å². The first-order chi connectivity index (χ1) is 4.93. The van der Waals surface area contributed by atoms with Crippen LogP contribution >= 0.6 is 0 Å². The zero-order valence-corrected chi connectivity index (χ0v) is 6.30. The van der Waals surface area contributed by atoms with Crippen molar-refractivity contribution in [1.82, 2.24) is 0 Å². The molecule has 1 rings (SSSR count). The van der Waals surface area contributed by atoms with Crippen LogP contribution in [0.25, 0.3) is 0 Å². The van der Waals surface area contributed by atoms with Gasteiger partial charge in [0.2, 0.25) is 0 Å². The summed E-state index contributed by atoms with van der Waals surface area (Å²) < 4.78 is 0. The molecule has 1 aromatic rings. The summed E-state index contributed by atoms with van der Waals surface area (Å²) >= 11 is 0. The molecule has 0 aliphatic heterocycles.